The minimum atomic E-state index is -1.02. The quantitative estimate of drug-likeness (QED) is 0.716. The van der Waals surface area contributed by atoms with E-state index in [9.17, 15) is 9.59 Å². The van der Waals surface area contributed by atoms with Gasteiger partial charge < -0.3 is 15.7 Å². The number of aryl methyl sites for hydroxylation is 1. The first kappa shape index (κ1) is 13.8. The number of carbonyl (C=O) groups excluding carboxylic acids is 1. The first-order valence-electron chi connectivity index (χ1n) is 5.48. The van der Waals surface area contributed by atoms with Crippen LogP contribution in [0.1, 0.15) is 22.8 Å². The van der Waals surface area contributed by atoms with Crippen LogP contribution in [0, 0.1) is 6.92 Å². The summed E-state index contributed by atoms with van der Waals surface area (Å²) in [6.07, 6.45) is 1.59. The van der Waals surface area contributed by atoms with Crippen LogP contribution in [0.5, 0.6) is 0 Å². The summed E-state index contributed by atoms with van der Waals surface area (Å²) in [4.78, 5) is 22.5. The van der Waals surface area contributed by atoms with Gasteiger partial charge in [0.25, 0.3) is 0 Å². The standard InChI is InChI=1S/C13H16N2O3/c1-4-9(3)14-13(18)15-10-6-5-8(2)11(7-10)12(16)17/h4-7,9H,1H2,2-3H3,(H,16,17)(H2,14,15,18). The van der Waals surface area contributed by atoms with Gasteiger partial charge in [0.2, 0.25) is 0 Å². The Hall–Kier alpha value is -2.30. The van der Waals surface area contributed by atoms with Crippen LogP contribution in [0.25, 0.3) is 0 Å². The molecule has 0 heterocycles. The van der Waals surface area contributed by atoms with Crippen LogP contribution >= 0.6 is 0 Å². The van der Waals surface area contributed by atoms with Gasteiger partial charge in [0.15, 0.2) is 0 Å². The Morgan fingerprint density at radius 1 is 1.44 bits per heavy atom. The van der Waals surface area contributed by atoms with E-state index in [1.807, 2.05) is 0 Å². The van der Waals surface area contributed by atoms with Crippen LogP contribution in [0.3, 0.4) is 0 Å². The van der Waals surface area contributed by atoms with Crippen molar-refractivity contribution in [3.05, 3.63) is 42.0 Å². The predicted octanol–water partition coefficient (Wildman–Crippen LogP) is 2.39. The Kier molecular flexibility index (Phi) is 4.48. The molecule has 0 spiro atoms. The molecule has 0 fully saturated rings. The van der Waals surface area contributed by atoms with E-state index < -0.39 is 12.0 Å². The molecule has 1 atom stereocenters. The molecule has 0 aliphatic rings. The number of carboxylic acids is 1. The maximum absolute atomic E-state index is 11.5. The second kappa shape index (κ2) is 5.86. The Morgan fingerprint density at radius 3 is 2.67 bits per heavy atom. The maximum Gasteiger partial charge on any atom is 0.336 e. The highest BCUT2D eigenvalue weighted by Crippen LogP contribution is 2.15. The lowest BCUT2D eigenvalue weighted by atomic mass is 10.1. The highest BCUT2D eigenvalue weighted by Gasteiger charge is 2.09. The van der Waals surface area contributed by atoms with Crippen LogP contribution < -0.4 is 10.6 Å². The molecular formula is C13H16N2O3. The summed E-state index contributed by atoms with van der Waals surface area (Å²) in [5.41, 5.74) is 1.25. The summed E-state index contributed by atoms with van der Waals surface area (Å²) in [5.74, 6) is -1.02. The molecular weight excluding hydrogens is 232 g/mol. The van der Waals surface area contributed by atoms with Crippen LogP contribution in [0.2, 0.25) is 0 Å². The summed E-state index contributed by atoms with van der Waals surface area (Å²) in [6.45, 7) is 7.03. The lowest BCUT2D eigenvalue weighted by molar-refractivity contribution is 0.0696. The minimum Gasteiger partial charge on any atom is -0.478 e. The molecule has 0 bridgehead atoms. The molecule has 0 aliphatic heterocycles. The van der Waals surface area contributed by atoms with Crippen molar-refractivity contribution in [2.24, 2.45) is 0 Å². The zero-order valence-electron chi connectivity index (χ0n) is 10.4. The molecule has 0 saturated carbocycles. The molecule has 0 aromatic heterocycles. The molecule has 1 aromatic rings. The molecule has 18 heavy (non-hydrogen) atoms. The van der Waals surface area contributed by atoms with Gasteiger partial charge in [0.05, 0.1) is 5.56 Å². The Morgan fingerprint density at radius 2 is 2.11 bits per heavy atom. The van der Waals surface area contributed by atoms with E-state index in [1.54, 1.807) is 32.1 Å². The van der Waals surface area contributed by atoms with E-state index in [1.165, 1.54) is 6.07 Å². The molecule has 5 heteroatoms. The number of anilines is 1. The van der Waals surface area contributed by atoms with E-state index in [0.717, 1.165) is 0 Å². The van der Waals surface area contributed by atoms with Crippen molar-refractivity contribution in [1.82, 2.24) is 5.32 Å². The maximum atomic E-state index is 11.5. The second-order valence-corrected chi connectivity index (χ2v) is 3.96. The van der Waals surface area contributed by atoms with Crippen molar-refractivity contribution in [3.63, 3.8) is 0 Å². The number of hydrogen-bond donors (Lipinski definition) is 3. The summed E-state index contributed by atoms with van der Waals surface area (Å²) in [5, 5.41) is 14.2. The van der Waals surface area contributed by atoms with Gasteiger partial charge in [-0.25, -0.2) is 9.59 Å². The van der Waals surface area contributed by atoms with Gasteiger partial charge in [-0.05, 0) is 31.5 Å². The Balaban J connectivity index is 2.79. The van der Waals surface area contributed by atoms with Gasteiger partial charge in [-0.3, -0.25) is 0 Å². The average Bonchev–Trinajstić information content (AvgIpc) is 2.31. The molecule has 2 amide bonds. The zero-order valence-corrected chi connectivity index (χ0v) is 10.4. The van der Waals surface area contributed by atoms with Crippen LogP contribution in [-0.2, 0) is 0 Å². The minimum absolute atomic E-state index is 0.158. The summed E-state index contributed by atoms with van der Waals surface area (Å²) >= 11 is 0. The van der Waals surface area contributed by atoms with Gasteiger partial charge in [-0.1, -0.05) is 12.1 Å². The van der Waals surface area contributed by atoms with Gasteiger partial charge in [-0.2, -0.15) is 0 Å². The number of hydrogen-bond acceptors (Lipinski definition) is 2. The normalized spacial score (nSPS) is 11.4. The molecule has 3 N–H and O–H groups in total. The molecule has 96 valence electrons. The Bertz CT molecular complexity index is 483. The molecule has 1 unspecified atom stereocenters. The van der Waals surface area contributed by atoms with Crippen LogP contribution in [-0.4, -0.2) is 23.1 Å². The summed E-state index contributed by atoms with van der Waals surface area (Å²) in [7, 11) is 0. The van der Waals surface area contributed by atoms with Gasteiger partial charge in [0.1, 0.15) is 0 Å². The number of aromatic carboxylic acids is 1. The second-order valence-electron chi connectivity index (χ2n) is 3.96. The number of carboxylic acid groups (broad SMARTS) is 1. The highest BCUT2D eigenvalue weighted by molar-refractivity contribution is 5.94. The van der Waals surface area contributed by atoms with Crippen molar-refractivity contribution in [3.8, 4) is 0 Å². The first-order chi connectivity index (χ1) is 8.43. The Labute approximate surface area is 106 Å². The van der Waals surface area contributed by atoms with Crippen molar-refractivity contribution >= 4 is 17.7 Å². The number of urea groups is 1. The fourth-order valence-electron chi connectivity index (χ4n) is 1.36. The zero-order chi connectivity index (χ0) is 13.7. The smallest absolute Gasteiger partial charge is 0.336 e. The fourth-order valence-corrected chi connectivity index (χ4v) is 1.36. The fraction of sp³-hybridized carbons (Fsp3) is 0.231. The van der Waals surface area contributed by atoms with E-state index in [2.05, 4.69) is 17.2 Å². The number of benzene rings is 1. The number of amides is 2. The van der Waals surface area contributed by atoms with E-state index in [-0.39, 0.29) is 11.6 Å². The van der Waals surface area contributed by atoms with Crippen molar-refractivity contribution in [1.29, 1.82) is 0 Å². The summed E-state index contributed by atoms with van der Waals surface area (Å²) in [6, 6.07) is 4.17. The highest BCUT2D eigenvalue weighted by atomic mass is 16.4. The van der Waals surface area contributed by atoms with Crippen molar-refractivity contribution in [2.45, 2.75) is 19.9 Å². The topological polar surface area (TPSA) is 78.4 Å². The average molecular weight is 248 g/mol. The molecule has 0 aliphatic carbocycles. The van der Waals surface area contributed by atoms with E-state index >= 15 is 0 Å². The number of carbonyl (C=O) groups is 2. The number of nitrogens with one attached hydrogen (secondary N) is 2. The third kappa shape index (κ3) is 3.62. The van der Waals surface area contributed by atoms with Gasteiger partial charge in [0, 0.05) is 11.7 Å². The van der Waals surface area contributed by atoms with Crippen LogP contribution in [0.4, 0.5) is 10.5 Å². The lowest BCUT2D eigenvalue weighted by Gasteiger charge is -2.11. The molecule has 1 rings (SSSR count). The van der Waals surface area contributed by atoms with Gasteiger partial charge >= 0.3 is 12.0 Å². The van der Waals surface area contributed by atoms with Crippen molar-refractivity contribution < 1.29 is 14.7 Å². The lowest BCUT2D eigenvalue weighted by Crippen LogP contribution is -2.34. The predicted molar refractivity (Wildman–Crippen MR) is 70.0 cm³/mol. The van der Waals surface area contributed by atoms with Crippen LogP contribution in [0.15, 0.2) is 30.9 Å². The molecule has 0 radical (unpaired) electrons. The molecule has 1 aromatic carbocycles. The van der Waals surface area contributed by atoms with Crippen molar-refractivity contribution in [2.75, 3.05) is 5.32 Å². The third-order valence-corrected chi connectivity index (χ3v) is 2.44. The van der Waals surface area contributed by atoms with E-state index in [4.69, 9.17) is 5.11 Å². The summed E-state index contributed by atoms with van der Waals surface area (Å²) < 4.78 is 0. The largest absolute Gasteiger partial charge is 0.478 e. The van der Waals surface area contributed by atoms with Gasteiger partial charge in [-0.15, -0.1) is 6.58 Å². The third-order valence-electron chi connectivity index (χ3n) is 2.44. The molecule has 0 saturated heterocycles. The monoisotopic (exact) mass is 248 g/mol. The molecule has 5 nitrogen and oxygen atoms in total. The SMILES string of the molecule is C=CC(C)NC(=O)Nc1ccc(C)c(C(=O)O)c1. The first-order valence-corrected chi connectivity index (χ1v) is 5.48. The number of rotatable bonds is 4. The van der Waals surface area contributed by atoms with E-state index in [0.29, 0.717) is 11.3 Å².